The van der Waals surface area contributed by atoms with Gasteiger partial charge in [0.2, 0.25) is 0 Å². The average molecular weight is 269 g/mol. The van der Waals surface area contributed by atoms with Gasteiger partial charge in [-0.2, -0.15) is 0 Å². The molecule has 1 N–H and O–H groups in total. The van der Waals surface area contributed by atoms with E-state index < -0.39 is 0 Å². The van der Waals surface area contributed by atoms with E-state index in [2.05, 4.69) is 43.6 Å². The maximum absolute atomic E-state index is 5.50. The van der Waals surface area contributed by atoms with Crippen LogP contribution in [0.25, 0.3) is 0 Å². The molecule has 1 atom stereocenters. The van der Waals surface area contributed by atoms with Crippen molar-refractivity contribution < 1.29 is 4.74 Å². The fourth-order valence-corrected chi connectivity index (χ4v) is 2.71. The van der Waals surface area contributed by atoms with Gasteiger partial charge in [-0.1, -0.05) is 13.0 Å². The Morgan fingerprint density at radius 2 is 2.22 bits per heavy atom. The number of hydrogen-bond donors (Lipinski definition) is 1. The molecular weight excluding hydrogens is 242 g/mol. The number of ether oxygens (including phenoxy) is 1. The van der Waals surface area contributed by atoms with Crippen molar-refractivity contribution in [2.75, 3.05) is 13.7 Å². The molecule has 0 aromatic carbocycles. The highest BCUT2D eigenvalue weighted by Crippen LogP contribution is 2.19. The SMILES string of the molecule is CCCNC(CCC(C)(C)OC)Cc1cccs1. The summed E-state index contributed by atoms with van der Waals surface area (Å²) in [5.41, 5.74) is -0.0123. The molecule has 1 unspecified atom stereocenters. The van der Waals surface area contributed by atoms with Crippen molar-refractivity contribution in [3.63, 3.8) is 0 Å². The predicted molar refractivity (Wildman–Crippen MR) is 80.4 cm³/mol. The van der Waals surface area contributed by atoms with Crippen LogP contribution in [0.15, 0.2) is 17.5 Å². The van der Waals surface area contributed by atoms with Gasteiger partial charge in [0.25, 0.3) is 0 Å². The van der Waals surface area contributed by atoms with Crippen molar-refractivity contribution >= 4 is 11.3 Å². The summed E-state index contributed by atoms with van der Waals surface area (Å²) < 4.78 is 5.50. The number of thiophene rings is 1. The van der Waals surface area contributed by atoms with Crippen LogP contribution >= 0.6 is 11.3 Å². The van der Waals surface area contributed by atoms with Gasteiger partial charge in [-0.15, -0.1) is 11.3 Å². The quantitative estimate of drug-likeness (QED) is 0.735. The fourth-order valence-electron chi connectivity index (χ4n) is 1.92. The van der Waals surface area contributed by atoms with Gasteiger partial charge < -0.3 is 10.1 Å². The van der Waals surface area contributed by atoms with Crippen LogP contribution in [0.3, 0.4) is 0 Å². The topological polar surface area (TPSA) is 21.3 Å². The summed E-state index contributed by atoms with van der Waals surface area (Å²) in [6.45, 7) is 7.64. The van der Waals surface area contributed by atoms with Crippen molar-refractivity contribution in [3.05, 3.63) is 22.4 Å². The highest BCUT2D eigenvalue weighted by Gasteiger charge is 2.19. The first-order valence-electron chi connectivity index (χ1n) is 6.88. The molecule has 104 valence electrons. The Hall–Kier alpha value is -0.380. The molecule has 0 aliphatic carbocycles. The van der Waals surface area contributed by atoms with E-state index in [1.54, 1.807) is 7.11 Å². The molecule has 0 radical (unpaired) electrons. The Balaban J connectivity index is 2.45. The highest BCUT2D eigenvalue weighted by atomic mass is 32.1. The number of methoxy groups -OCH3 is 1. The summed E-state index contributed by atoms with van der Waals surface area (Å²) in [5.74, 6) is 0. The van der Waals surface area contributed by atoms with Gasteiger partial charge in [-0.05, 0) is 57.5 Å². The third-order valence-corrected chi connectivity index (χ3v) is 4.26. The minimum atomic E-state index is -0.0123. The molecule has 1 aromatic rings. The zero-order chi connectivity index (χ0) is 13.4. The van der Waals surface area contributed by atoms with Crippen LogP contribution in [-0.4, -0.2) is 25.3 Å². The number of hydrogen-bond acceptors (Lipinski definition) is 3. The first-order chi connectivity index (χ1) is 8.57. The molecule has 0 amide bonds. The molecule has 0 saturated carbocycles. The lowest BCUT2D eigenvalue weighted by atomic mass is 9.97. The molecule has 0 bridgehead atoms. The van der Waals surface area contributed by atoms with E-state index in [0.717, 1.165) is 19.4 Å². The molecular formula is C15H27NOS. The minimum absolute atomic E-state index is 0.0123. The van der Waals surface area contributed by atoms with Gasteiger partial charge in [0, 0.05) is 18.0 Å². The first-order valence-corrected chi connectivity index (χ1v) is 7.76. The smallest absolute Gasteiger partial charge is 0.0623 e. The number of rotatable bonds is 9. The van der Waals surface area contributed by atoms with Crippen molar-refractivity contribution in [2.45, 2.75) is 58.1 Å². The normalized spacial score (nSPS) is 13.8. The van der Waals surface area contributed by atoms with Crippen LogP contribution in [0.2, 0.25) is 0 Å². The van der Waals surface area contributed by atoms with Crippen LogP contribution in [0.1, 0.15) is 44.9 Å². The van der Waals surface area contributed by atoms with Crippen molar-refractivity contribution in [2.24, 2.45) is 0 Å². The average Bonchev–Trinajstić information content (AvgIpc) is 2.85. The monoisotopic (exact) mass is 269 g/mol. The second kappa shape index (κ2) is 7.93. The molecule has 0 aliphatic rings. The molecule has 3 heteroatoms. The van der Waals surface area contributed by atoms with Crippen LogP contribution in [0.5, 0.6) is 0 Å². The largest absolute Gasteiger partial charge is 0.379 e. The molecule has 0 fully saturated rings. The van der Waals surface area contributed by atoms with Crippen LogP contribution in [0, 0.1) is 0 Å². The Labute approximate surface area is 116 Å². The Morgan fingerprint density at radius 1 is 1.44 bits per heavy atom. The van der Waals surface area contributed by atoms with E-state index in [4.69, 9.17) is 4.74 Å². The lowest BCUT2D eigenvalue weighted by molar-refractivity contribution is 0.0117. The van der Waals surface area contributed by atoms with E-state index in [9.17, 15) is 0 Å². The van der Waals surface area contributed by atoms with E-state index in [1.165, 1.54) is 17.7 Å². The van der Waals surface area contributed by atoms with Gasteiger partial charge in [0.05, 0.1) is 5.60 Å². The van der Waals surface area contributed by atoms with Crippen molar-refractivity contribution in [3.8, 4) is 0 Å². The predicted octanol–water partition coefficient (Wildman–Crippen LogP) is 3.86. The van der Waals surface area contributed by atoms with Gasteiger partial charge in [0.15, 0.2) is 0 Å². The molecule has 2 nitrogen and oxygen atoms in total. The molecule has 0 aliphatic heterocycles. The lowest BCUT2D eigenvalue weighted by Crippen LogP contribution is -2.34. The second-order valence-electron chi connectivity index (χ2n) is 5.44. The lowest BCUT2D eigenvalue weighted by Gasteiger charge is -2.26. The summed E-state index contributed by atoms with van der Waals surface area (Å²) in [5, 5.41) is 5.81. The van der Waals surface area contributed by atoms with E-state index in [1.807, 2.05) is 11.3 Å². The van der Waals surface area contributed by atoms with Crippen LogP contribution in [0.4, 0.5) is 0 Å². The van der Waals surface area contributed by atoms with E-state index in [-0.39, 0.29) is 5.60 Å². The van der Waals surface area contributed by atoms with Crippen LogP contribution in [-0.2, 0) is 11.2 Å². The second-order valence-corrected chi connectivity index (χ2v) is 6.47. The number of nitrogens with one attached hydrogen (secondary N) is 1. The maximum Gasteiger partial charge on any atom is 0.0623 e. The van der Waals surface area contributed by atoms with Crippen molar-refractivity contribution in [1.82, 2.24) is 5.32 Å². The molecule has 1 heterocycles. The summed E-state index contributed by atoms with van der Waals surface area (Å²) in [6.07, 6.45) is 4.58. The van der Waals surface area contributed by atoms with Gasteiger partial charge in [-0.3, -0.25) is 0 Å². The summed E-state index contributed by atoms with van der Waals surface area (Å²) in [4.78, 5) is 1.47. The Morgan fingerprint density at radius 3 is 2.78 bits per heavy atom. The van der Waals surface area contributed by atoms with E-state index in [0.29, 0.717) is 6.04 Å². The van der Waals surface area contributed by atoms with Gasteiger partial charge >= 0.3 is 0 Å². The van der Waals surface area contributed by atoms with Gasteiger partial charge in [-0.25, -0.2) is 0 Å². The first kappa shape index (κ1) is 15.7. The maximum atomic E-state index is 5.50. The standard InChI is InChI=1S/C15H27NOS/c1-5-10-16-13(8-9-15(2,3)17-4)12-14-7-6-11-18-14/h6-7,11,13,16H,5,8-10,12H2,1-4H3. The third-order valence-electron chi connectivity index (χ3n) is 3.36. The molecule has 1 aromatic heterocycles. The minimum Gasteiger partial charge on any atom is -0.379 e. The van der Waals surface area contributed by atoms with Crippen molar-refractivity contribution in [1.29, 1.82) is 0 Å². The zero-order valence-corrected chi connectivity index (χ0v) is 13.0. The molecule has 1 rings (SSSR count). The summed E-state index contributed by atoms with van der Waals surface area (Å²) >= 11 is 1.85. The molecule has 18 heavy (non-hydrogen) atoms. The summed E-state index contributed by atoms with van der Waals surface area (Å²) in [6, 6.07) is 4.93. The summed E-state index contributed by atoms with van der Waals surface area (Å²) in [7, 11) is 1.80. The van der Waals surface area contributed by atoms with E-state index >= 15 is 0 Å². The third kappa shape index (κ3) is 5.98. The Bertz CT molecular complexity index is 308. The highest BCUT2D eigenvalue weighted by molar-refractivity contribution is 7.09. The fraction of sp³-hybridized carbons (Fsp3) is 0.733. The zero-order valence-electron chi connectivity index (χ0n) is 12.2. The molecule has 0 spiro atoms. The Kier molecular flexibility index (Phi) is 6.90. The van der Waals surface area contributed by atoms with Crippen LogP contribution < -0.4 is 5.32 Å². The molecule has 0 saturated heterocycles. The van der Waals surface area contributed by atoms with Gasteiger partial charge in [0.1, 0.15) is 0 Å².